The molecule has 0 radical (unpaired) electrons. The lowest BCUT2D eigenvalue weighted by Gasteiger charge is -2.11. The first-order valence-corrected chi connectivity index (χ1v) is 5.81. The summed E-state index contributed by atoms with van der Waals surface area (Å²) in [7, 11) is 0. The summed E-state index contributed by atoms with van der Waals surface area (Å²) in [6, 6.07) is 5.65. The molecule has 0 unspecified atom stereocenters. The molecular weight excluding hydrogens is 232 g/mol. The highest BCUT2D eigenvalue weighted by atomic mass is 16.5. The van der Waals surface area contributed by atoms with E-state index in [0.717, 1.165) is 11.1 Å². The van der Waals surface area contributed by atoms with Crippen LogP contribution in [0.25, 0.3) is 0 Å². The largest absolute Gasteiger partial charge is 0.483 e. The highest BCUT2D eigenvalue weighted by molar-refractivity contribution is 5.82. The van der Waals surface area contributed by atoms with Gasteiger partial charge in [0.1, 0.15) is 5.75 Å². The second kappa shape index (κ2) is 6.64. The van der Waals surface area contributed by atoms with Crippen molar-refractivity contribution in [2.24, 2.45) is 0 Å². The van der Waals surface area contributed by atoms with Crippen LogP contribution in [0.4, 0.5) is 0 Å². The number of amides is 2. The van der Waals surface area contributed by atoms with Gasteiger partial charge in [0.25, 0.3) is 5.91 Å². The van der Waals surface area contributed by atoms with E-state index in [9.17, 15) is 9.59 Å². The zero-order valence-electron chi connectivity index (χ0n) is 10.9. The molecule has 0 aliphatic heterocycles. The summed E-state index contributed by atoms with van der Waals surface area (Å²) in [6.07, 6.45) is 0.318. The van der Waals surface area contributed by atoms with Crippen molar-refractivity contribution in [3.63, 3.8) is 0 Å². The third kappa shape index (κ3) is 4.08. The molecule has 0 bridgehead atoms. The Hall–Kier alpha value is -2.04. The molecule has 1 rings (SSSR count). The average Bonchev–Trinajstić information content (AvgIpc) is 2.37. The van der Waals surface area contributed by atoms with Crippen molar-refractivity contribution in [1.29, 1.82) is 0 Å². The molecule has 0 aromatic heterocycles. The molecule has 0 saturated heterocycles. The summed E-state index contributed by atoms with van der Waals surface area (Å²) < 4.78 is 5.38. The molecule has 0 saturated carbocycles. The monoisotopic (exact) mass is 250 g/mol. The SMILES string of the molecule is CCC(=O)NNC(=O)COc1cccc(C)c1C. The molecule has 0 aliphatic rings. The molecular formula is C13H18N2O3. The van der Waals surface area contributed by atoms with Crippen LogP contribution < -0.4 is 15.6 Å². The van der Waals surface area contributed by atoms with Gasteiger partial charge in [-0.3, -0.25) is 20.4 Å². The number of benzene rings is 1. The number of aryl methyl sites for hydroxylation is 1. The smallest absolute Gasteiger partial charge is 0.276 e. The molecule has 0 spiro atoms. The predicted molar refractivity (Wildman–Crippen MR) is 68.0 cm³/mol. The van der Waals surface area contributed by atoms with Crippen LogP contribution in [0.1, 0.15) is 24.5 Å². The minimum absolute atomic E-state index is 0.131. The summed E-state index contributed by atoms with van der Waals surface area (Å²) in [6.45, 7) is 5.48. The minimum Gasteiger partial charge on any atom is -0.483 e. The highest BCUT2D eigenvalue weighted by Gasteiger charge is 2.06. The first-order chi connectivity index (χ1) is 8.54. The molecule has 5 heteroatoms. The van der Waals surface area contributed by atoms with Crippen molar-refractivity contribution in [2.75, 3.05) is 6.61 Å². The van der Waals surface area contributed by atoms with Gasteiger partial charge in [-0.1, -0.05) is 19.1 Å². The van der Waals surface area contributed by atoms with Crippen LogP contribution >= 0.6 is 0 Å². The van der Waals surface area contributed by atoms with Crippen molar-refractivity contribution in [2.45, 2.75) is 27.2 Å². The Morgan fingerprint density at radius 3 is 2.50 bits per heavy atom. The zero-order chi connectivity index (χ0) is 13.5. The Morgan fingerprint density at radius 2 is 1.83 bits per heavy atom. The number of carbonyl (C=O) groups excluding carboxylic acids is 2. The molecule has 18 heavy (non-hydrogen) atoms. The van der Waals surface area contributed by atoms with E-state index in [4.69, 9.17) is 4.74 Å². The number of carbonyl (C=O) groups is 2. The van der Waals surface area contributed by atoms with Crippen LogP contribution in [0.3, 0.4) is 0 Å². The quantitative estimate of drug-likeness (QED) is 0.790. The number of ether oxygens (including phenoxy) is 1. The summed E-state index contributed by atoms with van der Waals surface area (Å²) in [4.78, 5) is 22.3. The molecule has 0 atom stereocenters. The molecule has 1 aromatic carbocycles. The Kier molecular flexibility index (Phi) is 5.17. The number of hydrogen-bond acceptors (Lipinski definition) is 3. The van der Waals surface area contributed by atoms with Crippen molar-refractivity contribution in [1.82, 2.24) is 10.9 Å². The second-order valence-electron chi connectivity index (χ2n) is 3.94. The standard InChI is InChI=1S/C13H18N2O3/c1-4-12(16)14-15-13(17)8-18-11-7-5-6-9(2)10(11)3/h5-7H,4,8H2,1-3H3,(H,14,16)(H,15,17). The van der Waals surface area contributed by atoms with Gasteiger partial charge in [0, 0.05) is 6.42 Å². The highest BCUT2D eigenvalue weighted by Crippen LogP contribution is 2.20. The zero-order valence-corrected chi connectivity index (χ0v) is 10.9. The summed E-state index contributed by atoms with van der Waals surface area (Å²) in [5.41, 5.74) is 6.66. The van der Waals surface area contributed by atoms with E-state index in [0.29, 0.717) is 12.2 Å². The van der Waals surface area contributed by atoms with Crippen molar-refractivity contribution < 1.29 is 14.3 Å². The van der Waals surface area contributed by atoms with E-state index in [2.05, 4.69) is 10.9 Å². The summed E-state index contributed by atoms with van der Waals surface area (Å²) >= 11 is 0. The van der Waals surface area contributed by atoms with E-state index in [1.807, 2.05) is 26.0 Å². The van der Waals surface area contributed by atoms with Gasteiger partial charge in [0.15, 0.2) is 6.61 Å². The molecule has 5 nitrogen and oxygen atoms in total. The maximum atomic E-state index is 11.4. The molecule has 1 aromatic rings. The van der Waals surface area contributed by atoms with Crippen LogP contribution in [0, 0.1) is 13.8 Å². The van der Waals surface area contributed by atoms with Gasteiger partial charge < -0.3 is 4.74 Å². The van der Waals surface area contributed by atoms with Crippen LogP contribution in [-0.2, 0) is 9.59 Å². The van der Waals surface area contributed by atoms with Gasteiger partial charge in [-0.15, -0.1) is 0 Å². The third-order valence-electron chi connectivity index (χ3n) is 2.58. The summed E-state index contributed by atoms with van der Waals surface area (Å²) in [5.74, 6) is 0.0414. The van der Waals surface area contributed by atoms with Crippen LogP contribution in [-0.4, -0.2) is 18.4 Å². The minimum atomic E-state index is -0.391. The van der Waals surface area contributed by atoms with Gasteiger partial charge in [-0.2, -0.15) is 0 Å². The fraction of sp³-hybridized carbons (Fsp3) is 0.385. The van der Waals surface area contributed by atoms with Crippen molar-refractivity contribution in [3.8, 4) is 5.75 Å². The van der Waals surface area contributed by atoms with E-state index in [1.165, 1.54) is 0 Å². The number of nitrogens with one attached hydrogen (secondary N) is 2. The average molecular weight is 250 g/mol. The van der Waals surface area contributed by atoms with Gasteiger partial charge >= 0.3 is 0 Å². The maximum Gasteiger partial charge on any atom is 0.276 e. The molecule has 0 fully saturated rings. The van der Waals surface area contributed by atoms with Gasteiger partial charge in [0.05, 0.1) is 0 Å². The van der Waals surface area contributed by atoms with Crippen LogP contribution in [0.5, 0.6) is 5.75 Å². The van der Waals surface area contributed by atoms with Gasteiger partial charge in [0.2, 0.25) is 5.91 Å². The number of rotatable bonds is 4. The third-order valence-corrected chi connectivity index (χ3v) is 2.58. The lowest BCUT2D eigenvalue weighted by atomic mass is 10.1. The molecule has 0 aliphatic carbocycles. The van der Waals surface area contributed by atoms with E-state index in [1.54, 1.807) is 13.0 Å². The lowest BCUT2D eigenvalue weighted by Crippen LogP contribution is -2.43. The Morgan fingerprint density at radius 1 is 1.17 bits per heavy atom. The molecule has 0 heterocycles. The fourth-order valence-corrected chi connectivity index (χ4v) is 1.29. The first kappa shape index (κ1) is 14.0. The van der Waals surface area contributed by atoms with E-state index in [-0.39, 0.29) is 12.5 Å². The lowest BCUT2D eigenvalue weighted by molar-refractivity contribution is -0.129. The molecule has 98 valence electrons. The number of hydrazine groups is 1. The first-order valence-electron chi connectivity index (χ1n) is 5.81. The van der Waals surface area contributed by atoms with Gasteiger partial charge in [-0.05, 0) is 31.0 Å². The van der Waals surface area contributed by atoms with Gasteiger partial charge in [-0.25, -0.2) is 0 Å². The Labute approximate surface area is 106 Å². The number of hydrogen-bond donors (Lipinski definition) is 2. The van der Waals surface area contributed by atoms with Crippen LogP contribution in [0.15, 0.2) is 18.2 Å². The Balaban J connectivity index is 2.43. The summed E-state index contributed by atoms with van der Waals surface area (Å²) in [5, 5.41) is 0. The molecule has 2 N–H and O–H groups in total. The van der Waals surface area contributed by atoms with Crippen LogP contribution in [0.2, 0.25) is 0 Å². The van der Waals surface area contributed by atoms with E-state index < -0.39 is 5.91 Å². The topological polar surface area (TPSA) is 67.4 Å². The van der Waals surface area contributed by atoms with E-state index >= 15 is 0 Å². The maximum absolute atomic E-state index is 11.4. The Bertz CT molecular complexity index is 444. The van der Waals surface area contributed by atoms with Crippen molar-refractivity contribution in [3.05, 3.63) is 29.3 Å². The fourth-order valence-electron chi connectivity index (χ4n) is 1.29. The van der Waals surface area contributed by atoms with Crippen molar-refractivity contribution >= 4 is 11.8 Å². The molecule has 2 amide bonds. The predicted octanol–water partition coefficient (Wildman–Crippen LogP) is 1.24. The normalized spacial score (nSPS) is 9.72. The second-order valence-corrected chi connectivity index (χ2v) is 3.94.